The van der Waals surface area contributed by atoms with Crippen molar-refractivity contribution in [2.24, 2.45) is 5.73 Å². The van der Waals surface area contributed by atoms with E-state index in [4.69, 9.17) is 10.5 Å². The van der Waals surface area contributed by atoms with Gasteiger partial charge in [-0.05, 0) is 18.9 Å². The largest absolute Gasteiger partial charge is 0.492 e. The average molecular weight is 414 g/mol. The molecule has 1 aliphatic carbocycles. The van der Waals surface area contributed by atoms with Crippen molar-refractivity contribution >= 4 is 35.0 Å². The monoisotopic (exact) mass is 413 g/mol. The van der Waals surface area contributed by atoms with Crippen LogP contribution in [0.25, 0.3) is 10.9 Å². The van der Waals surface area contributed by atoms with Crippen molar-refractivity contribution in [1.29, 1.82) is 0 Å². The quantitative estimate of drug-likeness (QED) is 0.687. The Bertz CT molecular complexity index is 997. The number of carboxylic acid groups (broad SMARTS) is 1. The van der Waals surface area contributed by atoms with Crippen LogP contribution in [0.4, 0.5) is 10.1 Å². The average Bonchev–Trinajstić information content (AvgIpc) is 3.40. The molecule has 2 atom stereocenters. The topological polar surface area (TPSA) is 118 Å². The number of anilines is 1. The van der Waals surface area contributed by atoms with E-state index in [0.29, 0.717) is 5.52 Å². The van der Waals surface area contributed by atoms with Gasteiger partial charge in [0.05, 0.1) is 24.1 Å². The molecule has 1 aliphatic heterocycles. The Kier molecular flexibility index (Phi) is 5.26. The molecule has 152 valence electrons. The maximum atomic E-state index is 15.0. The van der Waals surface area contributed by atoms with E-state index in [1.807, 2.05) is 0 Å². The summed E-state index contributed by atoms with van der Waals surface area (Å²) in [5.41, 5.74) is 5.18. The van der Waals surface area contributed by atoms with Gasteiger partial charge < -0.3 is 30.2 Å². The first-order valence-corrected chi connectivity index (χ1v) is 8.70. The molecule has 0 bridgehead atoms. The Morgan fingerprint density at radius 3 is 2.54 bits per heavy atom. The van der Waals surface area contributed by atoms with Crippen LogP contribution in [0.1, 0.15) is 29.2 Å². The minimum absolute atomic E-state index is 0. The number of fused-ring (bicyclic) bond motifs is 1. The fourth-order valence-corrected chi connectivity index (χ4v) is 3.72. The molecule has 2 aliphatic rings. The van der Waals surface area contributed by atoms with Crippen LogP contribution in [0, 0.1) is 5.82 Å². The van der Waals surface area contributed by atoms with E-state index in [1.54, 1.807) is 9.47 Å². The minimum Gasteiger partial charge on any atom is -0.492 e. The molecule has 1 saturated heterocycles. The Morgan fingerprint density at radius 2 is 2.04 bits per heavy atom. The van der Waals surface area contributed by atoms with Gasteiger partial charge in [-0.2, -0.15) is 0 Å². The van der Waals surface area contributed by atoms with Gasteiger partial charge in [-0.15, -0.1) is 12.4 Å². The molecule has 8 nitrogen and oxygen atoms in total. The van der Waals surface area contributed by atoms with Crippen LogP contribution in [0.3, 0.4) is 0 Å². The standard InChI is InChI=1S/C18H20FN3O5.ClH/c1-27-17-14-9(4-11(19)15(17)21-6-12(20)13(23)7-21)16(24)10(18(25)26)5-22(14)8-2-3-8;/h4-5,8,12-13,23H,2-3,6-7,20H2,1H3,(H,25,26);1H. The number of aliphatic hydroxyl groups excluding tert-OH is 1. The summed E-state index contributed by atoms with van der Waals surface area (Å²) in [5.74, 6) is -1.93. The molecule has 4 N–H and O–H groups in total. The maximum absolute atomic E-state index is 15.0. The summed E-state index contributed by atoms with van der Waals surface area (Å²) in [6.07, 6.45) is 2.17. The number of aromatic nitrogens is 1. The van der Waals surface area contributed by atoms with Crippen molar-refractivity contribution in [2.45, 2.75) is 31.0 Å². The molecule has 28 heavy (non-hydrogen) atoms. The summed E-state index contributed by atoms with van der Waals surface area (Å²) in [7, 11) is 1.37. The molecular weight excluding hydrogens is 393 g/mol. The zero-order valence-electron chi connectivity index (χ0n) is 15.1. The Balaban J connectivity index is 0.00000225. The molecule has 2 heterocycles. The summed E-state index contributed by atoms with van der Waals surface area (Å²) < 4.78 is 22.2. The summed E-state index contributed by atoms with van der Waals surface area (Å²) in [4.78, 5) is 25.7. The number of rotatable bonds is 4. The van der Waals surface area contributed by atoms with Crippen LogP contribution in [-0.4, -0.2) is 53.1 Å². The fourth-order valence-electron chi connectivity index (χ4n) is 3.72. The fraction of sp³-hybridized carbons (Fsp3) is 0.444. The second kappa shape index (κ2) is 7.23. The predicted molar refractivity (Wildman–Crippen MR) is 103 cm³/mol. The van der Waals surface area contributed by atoms with Gasteiger partial charge in [-0.25, -0.2) is 9.18 Å². The van der Waals surface area contributed by atoms with E-state index in [9.17, 15) is 24.2 Å². The zero-order chi connectivity index (χ0) is 19.5. The lowest BCUT2D eigenvalue weighted by Crippen LogP contribution is -2.32. The van der Waals surface area contributed by atoms with Gasteiger partial charge >= 0.3 is 5.97 Å². The molecule has 4 rings (SSSR count). The molecule has 2 aromatic rings. The van der Waals surface area contributed by atoms with Crippen molar-refractivity contribution in [3.63, 3.8) is 0 Å². The number of aliphatic hydroxyl groups is 1. The van der Waals surface area contributed by atoms with Crippen LogP contribution in [0.5, 0.6) is 5.75 Å². The van der Waals surface area contributed by atoms with Gasteiger partial charge in [0, 0.05) is 31.4 Å². The first-order chi connectivity index (χ1) is 12.8. The number of carbonyl (C=O) groups is 1. The number of nitrogens with two attached hydrogens (primary N) is 1. The van der Waals surface area contributed by atoms with E-state index in [2.05, 4.69) is 0 Å². The number of benzene rings is 1. The third kappa shape index (κ3) is 3.09. The third-order valence-electron chi connectivity index (χ3n) is 5.22. The number of pyridine rings is 1. The number of hydrogen-bond acceptors (Lipinski definition) is 6. The molecular formula is C18H21ClFN3O5. The lowest BCUT2D eigenvalue weighted by atomic mass is 10.1. The Hall–Kier alpha value is -2.36. The smallest absolute Gasteiger partial charge is 0.341 e. The number of methoxy groups -OCH3 is 1. The van der Waals surface area contributed by atoms with Crippen LogP contribution in [0.15, 0.2) is 17.1 Å². The van der Waals surface area contributed by atoms with E-state index in [1.165, 1.54) is 13.3 Å². The zero-order valence-corrected chi connectivity index (χ0v) is 15.9. The predicted octanol–water partition coefficient (Wildman–Crippen LogP) is 1.11. The maximum Gasteiger partial charge on any atom is 0.341 e. The van der Waals surface area contributed by atoms with E-state index < -0.39 is 34.9 Å². The summed E-state index contributed by atoms with van der Waals surface area (Å²) >= 11 is 0. The first kappa shape index (κ1) is 20.4. The van der Waals surface area contributed by atoms with Gasteiger partial charge in [0.1, 0.15) is 11.3 Å². The molecule has 2 unspecified atom stereocenters. The number of carboxylic acids is 1. The number of ether oxygens (including phenoxy) is 1. The van der Waals surface area contributed by atoms with Gasteiger partial charge in [-0.3, -0.25) is 4.79 Å². The molecule has 10 heteroatoms. The first-order valence-electron chi connectivity index (χ1n) is 8.70. The van der Waals surface area contributed by atoms with Gasteiger partial charge in [-0.1, -0.05) is 0 Å². The number of β-amino-alcohol motifs (C(OH)–C–C–N with tert-alkyl or cyclic N) is 1. The van der Waals surface area contributed by atoms with Crippen molar-refractivity contribution in [3.8, 4) is 5.75 Å². The van der Waals surface area contributed by atoms with Crippen LogP contribution in [0.2, 0.25) is 0 Å². The lowest BCUT2D eigenvalue weighted by Gasteiger charge is -2.24. The summed E-state index contributed by atoms with van der Waals surface area (Å²) in [5, 5.41) is 19.2. The van der Waals surface area contributed by atoms with Crippen molar-refractivity contribution in [2.75, 3.05) is 25.1 Å². The van der Waals surface area contributed by atoms with E-state index in [-0.39, 0.29) is 48.4 Å². The van der Waals surface area contributed by atoms with Gasteiger partial charge in [0.2, 0.25) is 5.43 Å². The second-order valence-electron chi connectivity index (χ2n) is 7.09. The highest BCUT2D eigenvalue weighted by Crippen LogP contribution is 2.44. The molecule has 0 amide bonds. The molecule has 1 aromatic carbocycles. The molecule has 1 aromatic heterocycles. The van der Waals surface area contributed by atoms with E-state index >= 15 is 0 Å². The van der Waals surface area contributed by atoms with Crippen LogP contribution >= 0.6 is 12.4 Å². The van der Waals surface area contributed by atoms with Crippen molar-refractivity contribution < 1.29 is 24.1 Å². The minimum atomic E-state index is -1.35. The van der Waals surface area contributed by atoms with Crippen molar-refractivity contribution in [3.05, 3.63) is 33.9 Å². The number of hydrogen-bond donors (Lipinski definition) is 3. The molecule has 2 fully saturated rings. The highest BCUT2D eigenvalue weighted by atomic mass is 35.5. The van der Waals surface area contributed by atoms with Gasteiger partial charge in [0.25, 0.3) is 0 Å². The summed E-state index contributed by atoms with van der Waals surface area (Å²) in [6.45, 7) is 0.377. The van der Waals surface area contributed by atoms with E-state index in [0.717, 1.165) is 18.9 Å². The Morgan fingerprint density at radius 1 is 1.36 bits per heavy atom. The third-order valence-corrected chi connectivity index (χ3v) is 5.22. The number of nitrogens with zero attached hydrogens (tertiary/aromatic N) is 2. The highest BCUT2D eigenvalue weighted by molar-refractivity contribution is 5.97. The Labute approximate surface area is 165 Å². The van der Waals surface area contributed by atoms with Crippen LogP contribution < -0.4 is 20.8 Å². The van der Waals surface area contributed by atoms with Crippen LogP contribution in [-0.2, 0) is 0 Å². The lowest BCUT2D eigenvalue weighted by molar-refractivity contribution is 0.0694. The summed E-state index contributed by atoms with van der Waals surface area (Å²) in [6, 6.07) is 0.562. The molecule has 0 radical (unpaired) electrons. The molecule has 0 spiro atoms. The highest BCUT2D eigenvalue weighted by Gasteiger charge is 2.35. The number of halogens is 2. The molecule has 1 saturated carbocycles. The second-order valence-corrected chi connectivity index (χ2v) is 7.09. The van der Waals surface area contributed by atoms with Crippen molar-refractivity contribution in [1.82, 2.24) is 4.57 Å². The normalized spacial score (nSPS) is 21.6. The number of aromatic carboxylic acids is 1. The SMILES string of the molecule is COc1c(N2CC(N)C(O)C2)c(F)cc2c(=O)c(C(=O)O)cn(C3CC3)c12.Cl. The van der Waals surface area contributed by atoms with Gasteiger partial charge in [0.15, 0.2) is 11.6 Å².